The van der Waals surface area contributed by atoms with Gasteiger partial charge in [-0.15, -0.1) is 0 Å². The van der Waals surface area contributed by atoms with Gasteiger partial charge in [-0.1, -0.05) is 0 Å². The lowest BCUT2D eigenvalue weighted by Gasteiger charge is -2.12. The Labute approximate surface area is 145 Å². The third kappa shape index (κ3) is 4.17. The van der Waals surface area contributed by atoms with Crippen molar-refractivity contribution in [3.63, 3.8) is 0 Å². The summed E-state index contributed by atoms with van der Waals surface area (Å²) >= 11 is 0. The van der Waals surface area contributed by atoms with Crippen molar-refractivity contribution in [3.05, 3.63) is 60.2 Å². The van der Waals surface area contributed by atoms with Gasteiger partial charge in [0.15, 0.2) is 6.10 Å². The van der Waals surface area contributed by atoms with Crippen molar-refractivity contribution in [1.82, 2.24) is 5.32 Å². The third-order valence-electron chi connectivity index (χ3n) is 3.79. The molecule has 0 spiro atoms. The zero-order valence-electron chi connectivity index (χ0n) is 13.6. The van der Waals surface area contributed by atoms with Gasteiger partial charge in [-0.25, -0.2) is 0 Å². The van der Waals surface area contributed by atoms with Crippen molar-refractivity contribution >= 4 is 17.8 Å². The van der Waals surface area contributed by atoms with Crippen LogP contribution in [0.5, 0.6) is 17.2 Å². The summed E-state index contributed by atoms with van der Waals surface area (Å²) in [5.41, 5.74) is 7.18. The second-order valence-electron chi connectivity index (χ2n) is 5.57. The molecule has 0 radical (unpaired) electrons. The van der Waals surface area contributed by atoms with E-state index in [4.69, 9.17) is 20.6 Å². The van der Waals surface area contributed by atoms with E-state index >= 15 is 0 Å². The van der Waals surface area contributed by atoms with E-state index < -0.39 is 6.10 Å². The molecule has 0 bridgehead atoms. The monoisotopic (exact) mass is 337 g/mol. The lowest BCUT2D eigenvalue weighted by molar-refractivity contribution is -0.124. The molecule has 2 aromatic carbocycles. The molecule has 0 aliphatic carbocycles. The van der Waals surface area contributed by atoms with E-state index in [9.17, 15) is 4.79 Å². The molecule has 2 aromatic rings. The summed E-state index contributed by atoms with van der Waals surface area (Å²) in [6, 6.07) is 14.4. The number of carbonyl (C=O) groups excluding carboxylic acids is 1. The SMILES string of the molecule is N=C/C=C(\N)c1ccc(Oc2ccc(O[C@H]3CCNC3=O)cc2)cc1. The maximum Gasteiger partial charge on any atom is 0.261 e. The fraction of sp³-hybridized carbons (Fsp3) is 0.158. The minimum Gasteiger partial charge on any atom is -0.481 e. The zero-order valence-corrected chi connectivity index (χ0v) is 13.6. The third-order valence-corrected chi connectivity index (χ3v) is 3.79. The Morgan fingerprint density at radius 2 is 1.68 bits per heavy atom. The normalized spacial score (nSPS) is 17.0. The second kappa shape index (κ2) is 7.53. The lowest BCUT2D eigenvalue weighted by atomic mass is 10.1. The molecular formula is C19H19N3O3. The summed E-state index contributed by atoms with van der Waals surface area (Å²) in [5, 5.41) is 9.77. The first-order valence-corrected chi connectivity index (χ1v) is 7.94. The van der Waals surface area contributed by atoms with Crippen LogP contribution in [0.1, 0.15) is 12.0 Å². The summed E-state index contributed by atoms with van der Waals surface area (Å²) < 4.78 is 11.4. The van der Waals surface area contributed by atoms with Crippen LogP contribution in [0, 0.1) is 5.41 Å². The largest absolute Gasteiger partial charge is 0.481 e. The first-order valence-electron chi connectivity index (χ1n) is 7.94. The molecule has 3 rings (SSSR count). The Morgan fingerprint density at radius 1 is 1.08 bits per heavy atom. The van der Waals surface area contributed by atoms with E-state index in [2.05, 4.69) is 5.32 Å². The van der Waals surface area contributed by atoms with Crippen molar-refractivity contribution in [1.29, 1.82) is 5.41 Å². The van der Waals surface area contributed by atoms with Gasteiger partial charge >= 0.3 is 0 Å². The number of nitrogens with two attached hydrogens (primary N) is 1. The molecule has 25 heavy (non-hydrogen) atoms. The second-order valence-corrected chi connectivity index (χ2v) is 5.57. The molecule has 128 valence electrons. The van der Waals surface area contributed by atoms with Crippen LogP contribution in [0.2, 0.25) is 0 Å². The Bertz CT molecular complexity index is 783. The molecule has 1 aliphatic rings. The van der Waals surface area contributed by atoms with Crippen LogP contribution in [0.25, 0.3) is 5.70 Å². The molecule has 0 unspecified atom stereocenters. The molecule has 0 saturated carbocycles. The molecular weight excluding hydrogens is 318 g/mol. The van der Waals surface area contributed by atoms with Gasteiger partial charge in [0.2, 0.25) is 0 Å². The van der Waals surface area contributed by atoms with Gasteiger partial charge in [0, 0.05) is 24.9 Å². The first kappa shape index (κ1) is 16.6. The van der Waals surface area contributed by atoms with E-state index in [-0.39, 0.29) is 5.91 Å². The summed E-state index contributed by atoms with van der Waals surface area (Å²) in [6.07, 6.45) is 2.94. The predicted molar refractivity (Wildman–Crippen MR) is 95.9 cm³/mol. The highest BCUT2D eigenvalue weighted by Gasteiger charge is 2.25. The van der Waals surface area contributed by atoms with E-state index in [1.54, 1.807) is 24.3 Å². The van der Waals surface area contributed by atoms with Gasteiger partial charge < -0.3 is 25.9 Å². The molecule has 1 amide bonds. The van der Waals surface area contributed by atoms with E-state index in [0.29, 0.717) is 35.9 Å². The van der Waals surface area contributed by atoms with Gasteiger partial charge in [-0.3, -0.25) is 4.79 Å². The molecule has 1 fully saturated rings. The number of ether oxygens (including phenoxy) is 2. The molecule has 6 heteroatoms. The molecule has 1 heterocycles. The summed E-state index contributed by atoms with van der Waals surface area (Å²) in [4.78, 5) is 11.5. The molecule has 1 atom stereocenters. The van der Waals surface area contributed by atoms with Crippen LogP contribution in [-0.4, -0.2) is 24.8 Å². The van der Waals surface area contributed by atoms with Gasteiger partial charge in [0.05, 0.1) is 0 Å². The minimum absolute atomic E-state index is 0.0724. The number of nitrogens with one attached hydrogen (secondary N) is 2. The number of carbonyl (C=O) groups is 1. The smallest absolute Gasteiger partial charge is 0.261 e. The van der Waals surface area contributed by atoms with E-state index in [1.807, 2.05) is 24.3 Å². The van der Waals surface area contributed by atoms with Crippen LogP contribution in [0.3, 0.4) is 0 Å². The molecule has 1 aliphatic heterocycles. The van der Waals surface area contributed by atoms with Crippen LogP contribution in [0.4, 0.5) is 0 Å². The number of benzene rings is 2. The summed E-state index contributed by atoms with van der Waals surface area (Å²) in [7, 11) is 0. The van der Waals surface area contributed by atoms with Gasteiger partial charge in [-0.2, -0.15) is 0 Å². The van der Waals surface area contributed by atoms with Crippen molar-refractivity contribution in [2.45, 2.75) is 12.5 Å². The minimum atomic E-state index is -0.418. The molecule has 4 N–H and O–H groups in total. The van der Waals surface area contributed by atoms with Crippen molar-refractivity contribution in [2.24, 2.45) is 5.73 Å². The first-order chi connectivity index (χ1) is 12.2. The maximum atomic E-state index is 11.5. The Hall–Kier alpha value is -3.28. The summed E-state index contributed by atoms with van der Waals surface area (Å²) in [6.45, 7) is 0.653. The van der Waals surface area contributed by atoms with E-state index in [0.717, 1.165) is 11.8 Å². The Kier molecular flexibility index (Phi) is 4.99. The summed E-state index contributed by atoms with van der Waals surface area (Å²) in [5.74, 6) is 1.90. The van der Waals surface area contributed by atoms with Crippen LogP contribution in [0.15, 0.2) is 54.6 Å². The lowest BCUT2D eigenvalue weighted by Crippen LogP contribution is -2.27. The van der Waals surface area contributed by atoms with Gasteiger partial charge in [0.1, 0.15) is 17.2 Å². The number of rotatable bonds is 6. The fourth-order valence-electron chi connectivity index (χ4n) is 2.47. The molecule has 6 nitrogen and oxygen atoms in total. The predicted octanol–water partition coefficient (Wildman–Crippen LogP) is 2.70. The molecule has 0 aromatic heterocycles. The average Bonchev–Trinajstić information content (AvgIpc) is 3.02. The topological polar surface area (TPSA) is 97.4 Å². The van der Waals surface area contributed by atoms with Crippen LogP contribution >= 0.6 is 0 Å². The number of hydrogen-bond donors (Lipinski definition) is 3. The fourth-order valence-corrected chi connectivity index (χ4v) is 2.47. The number of hydrogen-bond acceptors (Lipinski definition) is 5. The number of amides is 1. The zero-order chi connectivity index (χ0) is 17.6. The van der Waals surface area contributed by atoms with Crippen molar-refractivity contribution < 1.29 is 14.3 Å². The van der Waals surface area contributed by atoms with Crippen LogP contribution < -0.4 is 20.5 Å². The molecule has 1 saturated heterocycles. The van der Waals surface area contributed by atoms with Gasteiger partial charge in [-0.05, 0) is 60.2 Å². The highest BCUT2D eigenvalue weighted by Crippen LogP contribution is 2.25. The number of allylic oxidation sites excluding steroid dienone is 1. The standard InChI is InChI=1S/C19H19N3O3/c20-11-9-17(21)13-1-3-14(4-2-13)24-15-5-7-16(8-6-15)25-18-10-12-22-19(18)23/h1-9,11,18,20H,10,12,21H2,(H,22,23)/b17-9-,20-11?/t18-/m0/s1. The Balaban J connectivity index is 1.62. The maximum absolute atomic E-state index is 11.5. The van der Waals surface area contributed by atoms with Crippen molar-refractivity contribution in [2.75, 3.05) is 6.54 Å². The highest BCUT2D eigenvalue weighted by atomic mass is 16.5. The average molecular weight is 337 g/mol. The van der Waals surface area contributed by atoms with E-state index in [1.165, 1.54) is 6.08 Å². The highest BCUT2D eigenvalue weighted by molar-refractivity contribution is 5.83. The van der Waals surface area contributed by atoms with Gasteiger partial charge in [0.25, 0.3) is 5.91 Å². The van der Waals surface area contributed by atoms with Crippen molar-refractivity contribution in [3.8, 4) is 17.2 Å². The van der Waals surface area contributed by atoms with Crippen LogP contribution in [-0.2, 0) is 4.79 Å². The Morgan fingerprint density at radius 3 is 2.24 bits per heavy atom. The quantitative estimate of drug-likeness (QED) is 0.706.